The summed E-state index contributed by atoms with van der Waals surface area (Å²) in [6, 6.07) is 3.08. The summed E-state index contributed by atoms with van der Waals surface area (Å²) in [5.74, 6) is -0.272. The van der Waals surface area contributed by atoms with Crippen LogP contribution in [0.1, 0.15) is 5.69 Å². The molecule has 66 valence electrons. The summed E-state index contributed by atoms with van der Waals surface area (Å²) in [6.45, 7) is 0. The molecule has 0 aliphatic rings. The molecular formula is C6H5Cl2NO2S. The van der Waals surface area contributed by atoms with Crippen LogP contribution in [0, 0.1) is 0 Å². The van der Waals surface area contributed by atoms with E-state index in [4.69, 9.17) is 22.3 Å². The van der Waals surface area contributed by atoms with Gasteiger partial charge in [-0.1, -0.05) is 11.6 Å². The molecule has 0 fully saturated rings. The highest BCUT2D eigenvalue weighted by atomic mass is 35.7. The minimum atomic E-state index is -3.52. The Morgan fingerprint density at radius 2 is 2.08 bits per heavy atom. The van der Waals surface area contributed by atoms with Crippen LogP contribution < -0.4 is 0 Å². The standard InChI is InChI=1S/C6H5Cl2NO2S/c7-5-1-2-6(9-3-5)4-12(8,10)11/h1-3H,4H2. The van der Waals surface area contributed by atoms with Gasteiger partial charge in [-0.05, 0) is 12.1 Å². The molecule has 0 aromatic carbocycles. The van der Waals surface area contributed by atoms with Crippen molar-refractivity contribution in [2.45, 2.75) is 5.75 Å². The monoisotopic (exact) mass is 225 g/mol. The molecule has 12 heavy (non-hydrogen) atoms. The van der Waals surface area contributed by atoms with Gasteiger partial charge in [0.15, 0.2) is 0 Å². The van der Waals surface area contributed by atoms with Crippen molar-refractivity contribution < 1.29 is 8.42 Å². The third-order valence-electron chi connectivity index (χ3n) is 1.11. The Hall–Kier alpha value is -0.320. The fourth-order valence-electron chi connectivity index (χ4n) is 0.668. The third-order valence-corrected chi connectivity index (χ3v) is 2.30. The van der Waals surface area contributed by atoms with E-state index in [1.807, 2.05) is 0 Å². The quantitative estimate of drug-likeness (QED) is 0.722. The van der Waals surface area contributed by atoms with Crippen LogP contribution in [0.4, 0.5) is 0 Å². The molecule has 0 radical (unpaired) electrons. The summed E-state index contributed by atoms with van der Waals surface area (Å²) < 4.78 is 21.2. The molecule has 0 unspecified atom stereocenters. The molecule has 0 saturated heterocycles. The predicted octanol–water partition coefficient (Wildman–Crippen LogP) is 1.80. The summed E-state index contributed by atoms with van der Waals surface area (Å²) in [7, 11) is 1.48. The van der Waals surface area contributed by atoms with Crippen molar-refractivity contribution in [3.05, 3.63) is 29.0 Å². The zero-order valence-corrected chi connectivity index (χ0v) is 8.20. The highest BCUT2D eigenvalue weighted by Gasteiger charge is 2.07. The molecule has 1 heterocycles. The van der Waals surface area contributed by atoms with Gasteiger partial charge in [0, 0.05) is 16.9 Å². The normalized spacial score (nSPS) is 11.5. The van der Waals surface area contributed by atoms with Crippen molar-refractivity contribution in [1.29, 1.82) is 0 Å². The lowest BCUT2D eigenvalue weighted by atomic mass is 10.4. The Morgan fingerprint density at radius 3 is 2.50 bits per heavy atom. The molecule has 1 rings (SSSR count). The van der Waals surface area contributed by atoms with Crippen molar-refractivity contribution in [2.75, 3.05) is 0 Å². The molecule has 3 nitrogen and oxygen atoms in total. The van der Waals surface area contributed by atoms with Crippen molar-refractivity contribution in [2.24, 2.45) is 0 Å². The fraction of sp³-hybridized carbons (Fsp3) is 0.167. The van der Waals surface area contributed by atoms with Gasteiger partial charge in [0.1, 0.15) is 5.75 Å². The van der Waals surface area contributed by atoms with Gasteiger partial charge in [0.2, 0.25) is 9.05 Å². The topological polar surface area (TPSA) is 47.0 Å². The van der Waals surface area contributed by atoms with Crippen molar-refractivity contribution in [3.8, 4) is 0 Å². The van der Waals surface area contributed by atoms with Crippen LogP contribution in [0.3, 0.4) is 0 Å². The van der Waals surface area contributed by atoms with Gasteiger partial charge in [-0.25, -0.2) is 8.42 Å². The van der Waals surface area contributed by atoms with E-state index in [1.54, 1.807) is 6.07 Å². The number of pyridine rings is 1. The Kier molecular flexibility index (Phi) is 2.93. The van der Waals surface area contributed by atoms with E-state index in [1.165, 1.54) is 12.3 Å². The van der Waals surface area contributed by atoms with Crippen LogP contribution in [-0.2, 0) is 14.8 Å². The van der Waals surface area contributed by atoms with Gasteiger partial charge in [0.05, 0.1) is 10.7 Å². The maximum atomic E-state index is 10.6. The van der Waals surface area contributed by atoms with Crippen LogP contribution in [0.15, 0.2) is 18.3 Å². The molecule has 0 bridgehead atoms. The summed E-state index contributed by atoms with van der Waals surface area (Å²) in [5.41, 5.74) is 0.384. The zero-order chi connectivity index (χ0) is 9.19. The van der Waals surface area contributed by atoms with E-state index in [-0.39, 0.29) is 5.75 Å². The minimum Gasteiger partial charge on any atom is -0.259 e. The van der Waals surface area contributed by atoms with Gasteiger partial charge in [-0.2, -0.15) is 0 Å². The number of aromatic nitrogens is 1. The Labute approximate surface area is 79.8 Å². The van der Waals surface area contributed by atoms with E-state index in [0.29, 0.717) is 10.7 Å². The average Bonchev–Trinajstić information content (AvgIpc) is 1.91. The first kappa shape index (κ1) is 9.77. The SMILES string of the molecule is O=S(=O)(Cl)Cc1ccc(Cl)cn1. The number of hydrogen-bond acceptors (Lipinski definition) is 3. The fourth-order valence-corrected chi connectivity index (χ4v) is 1.64. The molecule has 0 spiro atoms. The van der Waals surface area contributed by atoms with Gasteiger partial charge in [-0.3, -0.25) is 4.98 Å². The number of hydrogen-bond donors (Lipinski definition) is 0. The van der Waals surface area contributed by atoms with Gasteiger partial charge in [0.25, 0.3) is 0 Å². The van der Waals surface area contributed by atoms with E-state index >= 15 is 0 Å². The van der Waals surface area contributed by atoms with Crippen molar-refractivity contribution in [3.63, 3.8) is 0 Å². The molecule has 1 aromatic rings. The Bertz CT molecular complexity index is 360. The van der Waals surface area contributed by atoms with Crippen molar-refractivity contribution in [1.82, 2.24) is 4.98 Å². The lowest BCUT2D eigenvalue weighted by Crippen LogP contribution is -1.96. The number of rotatable bonds is 2. The first-order valence-electron chi connectivity index (χ1n) is 3.00. The summed E-state index contributed by atoms with van der Waals surface area (Å²) >= 11 is 5.54. The first-order chi connectivity index (χ1) is 5.47. The number of nitrogens with zero attached hydrogens (tertiary/aromatic N) is 1. The molecular weight excluding hydrogens is 221 g/mol. The average molecular weight is 226 g/mol. The van der Waals surface area contributed by atoms with Crippen molar-refractivity contribution >= 4 is 31.3 Å². The molecule has 0 aliphatic carbocycles. The van der Waals surface area contributed by atoms with E-state index in [2.05, 4.69) is 4.98 Å². The van der Waals surface area contributed by atoms with Crippen LogP contribution >= 0.6 is 22.3 Å². The maximum absolute atomic E-state index is 10.6. The molecule has 1 aromatic heterocycles. The summed E-state index contributed by atoms with van der Waals surface area (Å²) in [4.78, 5) is 3.77. The Morgan fingerprint density at radius 1 is 1.42 bits per heavy atom. The largest absolute Gasteiger partial charge is 0.259 e. The molecule has 0 atom stereocenters. The van der Waals surface area contributed by atoms with E-state index in [9.17, 15) is 8.42 Å². The van der Waals surface area contributed by atoms with Crippen LogP contribution in [0.2, 0.25) is 5.02 Å². The summed E-state index contributed by atoms with van der Waals surface area (Å²) in [6.07, 6.45) is 1.37. The highest BCUT2D eigenvalue weighted by Crippen LogP contribution is 2.10. The van der Waals surface area contributed by atoms with Crippen LogP contribution in [0.25, 0.3) is 0 Å². The smallest absolute Gasteiger partial charge is 0.238 e. The molecule has 0 saturated carbocycles. The molecule has 0 aliphatic heterocycles. The van der Waals surface area contributed by atoms with E-state index in [0.717, 1.165) is 0 Å². The number of halogens is 2. The Balaban J connectivity index is 2.85. The highest BCUT2D eigenvalue weighted by molar-refractivity contribution is 8.13. The molecule has 6 heteroatoms. The lowest BCUT2D eigenvalue weighted by Gasteiger charge is -1.95. The zero-order valence-electron chi connectivity index (χ0n) is 5.87. The lowest BCUT2D eigenvalue weighted by molar-refractivity contribution is 0.608. The van der Waals surface area contributed by atoms with Crippen LogP contribution in [0.5, 0.6) is 0 Å². The van der Waals surface area contributed by atoms with Gasteiger partial charge >= 0.3 is 0 Å². The second-order valence-electron chi connectivity index (χ2n) is 2.15. The second-order valence-corrected chi connectivity index (χ2v) is 5.36. The van der Waals surface area contributed by atoms with Gasteiger partial charge in [-0.15, -0.1) is 0 Å². The van der Waals surface area contributed by atoms with Crippen LogP contribution in [-0.4, -0.2) is 13.4 Å². The summed E-state index contributed by atoms with van der Waals surface area (Å²) in [5, 5.41) is 0.464. The second kappa shape index (κ2) is 3.60. The third kappa shape index (κ3) is 3.38. The van der Waals surface area contributed by atoms with Gasteiger partial charge < -0.3 is 0 Å². The first-order valence-corrected chi connectivity index (χ1v) is 5.86. The molecule has 0 N–H and O–H groups in total. The molecule has 0 amide bonds. The predicted molar refractivity (Wildman–Crippen MR) is 47.7 cm³/mol. The maximum Gasteiger partial charge on any atom is 0.238 e. The minimum absolute atomic E-state index is 0.272. The van der Waals surface area contributed by atoms with E-state index < -0.39 is 9.05 Å².